The van der Waals surface area contributed by atoms with Crippen molar-refractivity contribution in [3.8, 4) is 11.3 Å². The van der Waals surface area contributed by atoms with Crippen molar-refractivity contribution in [2.24, 2.45) is 0 Å². The molecular formula is C25H27FN4. The number of hydrogen-bond donors (Lipinski definition) is 0. The molecule has 3 heterocycles. The van der Waals surface area contributed by atoms with Gasteiger partial charge in [-0.2, -0.15) is 0 Å². The van der Waals surface area contributed by atoms with E-state index in [1.165, 1.54) is 55.5 Å². The Morgan fingerprint density at radius 1 is 0.967 bits per heavy atom. The van der Waals surface area contributed by atoms with Gasteiger partial charge in [-0.3, -0.25) is 9.88 Å². The van der Waals surface area contributed by atoms with Crippen molar-refractivity contribution in [1.82, 2.24) is 19.9 Å². The van der Waals surface area contributed by atoms with Crippen LogP contribution in [-0.4, -0.2) is 26.4 Å². The zero-order chi connectivity index (χ0) is 20.3. The first kappa shape index (κ1) is 19.3. The van der Waals surface area contributed by atoms with E-state index in [4.69, 9.17) is 15.0 Å². The van der Waals surface area contributed by atoms with Crippen LogP contribution in [0.15, 0.2) is 48.7 Å². The molecule has 0 spiro atoms. The second kappa shape index (κ2) is 8.60. The molecule has 5 rings (SSSR count). The number of fused-ring (bicyclic) bond motifs is 1. The van der Waals surface area contributed by atoms with Gasteiger partial charge in [-0.05, 0) is 49.2 Å². The lowest BCUT2D eigenvalue weighted by Gasteiger charge is -2.29. The molecule has 1 aliphatic carbocycles. The second-order valence-corrected chi connectivity index (χ2v) is 8.52. The van der Waals surface area contributed by atoms with E-state index in [0.717, 1.165) is 48.8 Å². The van der Waals surface area contributed by atoms with Crippen molar-refractivity contribution in [2.75, 3.05) is 6.54 Å². The van der Waals surface area contributed by atoms with Crippen molar-refractivity contribution in [3.63, 3.8) is 0 Å². The van der Waals surface area contributed by atoms with Gasteiger partial charge < -0.3 is 0 Å². The van der Waals surface area contributed by atoms with E-state index in [9.17, 15) is 4.39 Å². The maximum absolute atomic E-state index is 13.2. The van der Waals surface area contributed by atoms with E-state index in [-0.39, 0.29) is 5.82 Å². The zero-order valence-electron chi connectivity index (χ0n) is 17.2. The van der Waals surface area contributed by atoms with Crippen molar-refractivity contribution in [3.05, 3.63) is 77.3 Å². The van der Waals surface area contributed by atoms with E-state index >= 15 is 0 Å². The van der Waals surface area contributed by atoms with Crippen LogP contribution in [0, 0.1) is 5.82 Å². The van der Waals surface area contributed by atoms with Gasteiger partial charge in [-0.25, -0.2) is 14.4 Å². The van der Waals surface area contributed by atoms with Crippen LogP contribution in [0.5, 0.6) is 0 Å². The lowest BCUT2D eigenvalue weighted by atomic mass is 9.88. The lowest BCUT2D eigenvalue weighted by Crippen LogP contribution is -2.31. The highest BCUT2D eigenvalue weighted by Gasteiger charge is 2.23. The first-order valence-corrected chi connectivity index (χ1v) is 11.0. The van der Waals surface area contributed by atoms with Crippen molar-refractivity contribution in [2.45, 2.75) is 57.5 Å². The highest BCUT2D eigenvalue weighted by molar-refractivity contribution is 5.58. The molecule has 30 heavy (non-hydrogen) atoms. The Kier molecular flexibility index (Phi) is 5.54. The summed E-state index contributed by atoms with van der Waals surface area (Å²) in [6.45, 7) is 2.64. The predicted molar refractivity (Wildman–Crippen MR) is 115 cm³/mol. The molecule has 0 atom stereocenters. The summed E-state index contributed by atoms with van der Waals surface area (Å²) in [6, 6.07) is 12.6. The molecule has 2 aromatic heterocycles. The number of benzene rings is 1. The minimum atomic E-state index is -0.226. The third-order valence-corrected chi connectivity index (χ3v) is 6.33. The summed E-state index contributed by atoms with van der Waals surface area (Å²) in [7, 11) is 0. The highest BCUT2D eigenvalue weighted by atomic mass is 19.1. The van der Waals surface area contributed by atoms with Gasteiger partial charge in [0.15, 0.2) is 0 Å². The summed E-state index contributed by atoms with van der Waals surface area (Å²) in [6.07, 6.45) is 9.47. The molecular weight excluding hydrogens is 375 g/mol. The molecule has 0 amide bonds. The molecule has 0 saturated heterocycles. The summed E-state index contributed by atoms with van der Waals surface area (Å²) < 4.78 is 13.2. The molecule has 4 nitrogen and oxygen atoms in total. The van der Waals surface area contributed by atoms with Gasteiger partial charge in [0.1, 0.15) is 11.6 Å². The lowest BCUT2D eigenvalue weighted by molar-refractivity contribution is 0.239. The molecule has 0 N–H and O–H groups in total. The summed E-state index contributed by atoms with van der Waals surface area (Å²) >= 11 is 0. The number of hydrogen-bond acceptors (Lipinski definition) is 4. The second-order valence-electron chi connectivity index (χ2n) is 8.52. The number of rotatable bonds is 4. The topological polar surface area (TPSA) is 41.9 Å². The summed E-state index contributed by atoms with van der Waals surface area (Å²) in [5, 5.41) is 0. The van der Waals surface area contributed by atoms with Crippen LogP contribution in [0.3, 0.4) is 0 Å². The maximum atomic E-state index is 13.2. The molecule has 154 valence electrons. The van der Waals surface area contributed by atoms with E-state index in [1.54, 1.807) is 12.1 Å². The van der Waals surface area contributed by atoms with Crippen LogP contribution in [0.25, 0.3) is 11.3 Å². The average molecular weight is 403 g/mol. The minimum Gasteiger partial charge on any atom is -0.293 e. The first-order valence-electron chi connectivity index (χ1n) is 11.0. The summed E-state index contributed by atoms with van der Waals surface area (Å²) in [4.78, 5) is 16.9. The monoisotopic (exact) mass is 402 g/mol. The van der Waals surface area contributed by atoms with Gasteiger partial charge in [-0.15, -0.1) is 0 Å². The fraction of sp³-hybridized carbons (Fsp3) is 0.400. The molecule has 0 bridgehead atoms. The fourth-order valence-corrected chi connectivity index (χ4v) is 4.66. The van der Waals surface area contributed by atoms with Gasteiger partial charge in [0, 0.05) is 55.0 Å². The highest BCUT2D eigenvalue weighted by Crippen LogP contribution is 2.31. The molecule has 0 radical (unpaired) electrons. The summed E-state index contributed by atoms with van der Waals surface area (Å²) in [5.74, 6) is 1.40. The van der Waals surface area contributed by atoms with Gasteiger partial charge >= 0.3 is 0 Å². The Hall–Kier alpha value is -2.66. The minimum absolute atomic E-state index is 0.226. The van der Waals surface area contributed by atoms with Crippen molar-refractivity contribution < 1.29 is 4.39 Å². The maximum Gasteiger partial charge on any atom is 0.131 e. The van der Waals surface area contributed by atoms with Crippen LogP contribution in [-0.2, 0) is 19.5 Å². The molecule has 1 aromatic carbocycles. The van der Waals surface area contributed by atoms with E-state index < -0.39 is 0 Å². The van der Waals surface area contributed by atoms with E-state index in [2.05, 4.69) is 17.2 Å². The number of nitrogens with zero attached hydrogens (tertiary/aromatic N) is 4. The molecule has 1 fully saturated rings. The molecule has 1 aliphatic heterocycles. The normalized spacial score (nSPS) is 17.6. The van der Waals surface area contributed by atoms with Crippen LogP contribution in [0.4, 0.5) is 4.39 Å². The standard InChI is InChI=1S/C25H27FN4/c26-21-11-9-18(10-12-21)23-8-4-7-22(28-23)17-30-14-13-24-20(16-30)15-27-25(29-24)19-5-2-1-3-6-19/h4,7-12,15,19H,1-3,5-6,13-14,16-17H2. The average Bonchev–Trinajstić information content (AvgIpc) is 2.80. The SMILES string of the molecule is Fc1ccc(-c2cccc(CN3CCc4nc(C5CCCCC5)ncc4C3)n2)cc1. The quantitative estimate of drug-likeness (QED) is 0.595. The largest absolute Gasteiger partial charge is 0.293 e. The Labute approximate surface area is 177 Å². The first-order chi connectivity index (χ1) is 14.7. The number of halogens is 1. The molecule has 0 unspecified atom stereocenters. The van der Waals surface area contributed by atoms with Crippen LogP contribution in [0.1, 0.15) is 60.8 Å². The molecule has 5 heteroatoms. The fourth-order valence-electron chi connectivity index (χ4n) is 4.66. The van der Waals surface area contributed by atoms with E-state index in [0.29, 0.717) is 5.92 Å². The van der Waals surface area contributed by atoms with Crippen LogP contribution >= 0.6 is 0 Å². The third-order valence-electron chi connectivity index (χ3n) is 6.33. The Bertz CT molecular complexity index is 1010. The van der Waals surface area contributed by atoms with Gasteiger partial charge in [0.25, 0.3) is 0 Å². The molecule has 2 aliphatic rings. The predicted octanol–water partition coefficient (Wildman–Crippen LogP) is 5.28. The Morgan fingerprint density at radius 2 is 1.80 bits per heavy atom. The summed E-state index contributed by atoms with van der Waals surface area (Å²) in [5.41, 5.74) is 5.32. The van der Waals surface area contributed by atoms with Crippen molar-refractivity contribution >= 4 is 0 Å². The van der Waals surface area contributed by atoms with Gasteiger partial charge in [-0.1, -0.05) is 25.3 Å². The van der Waals surface area contributed by atoms with Gasteiger partial charge in [0.05, 0.1) is 11.4 Å². The van der Waals surface area contributed by atoms with Crippen LogP contribution < -0.4 is 0 Å². The molecule has 1 saturated carbocycles. The Morgan fingerprint density at radius 3 is 2.63 bits per heavy atom. The van der Waals surface area contributed by atoms with Gasteiger partial charge in [0.2, 0.25) is 0 Å². The smallest absolute Gasteiger partial charge is 0.131 e. The number of aromatic nitrogens is 3. The Balaban J connectivity index is 1.27. The van der Waals surface area contributed by atoms with Crippen LogP contribution in [0.2, 0.25) is 0 Å². The van der Waals surface area contributed by atoms with E-state index in [1.807, 2.05) is 12.1 Å². The number of pyridine rings is 1. The zero-order valence-corrected chi connectivity index (χ0v) is 17.2. The molecule has 3 aromatic rings. The third kappa shape index (κ3) is 4.26. The van der Waals surface area contributed by atoms with Crippen molar-refractivity contribution in [1.29, 1.82) is 0 Å².